The molecule has 1 N–H and O–H groups in total. The van der Waals surface area contributed by atoms with E-state index in [9.17, 15) is 13.2 Å². The van der Waals surface area contributed by atoms with Crippen molar-refractivity contribution in [3.8, 4) is 0 Å². The highest BCUT2D eigenvalue weighted by atomic mass is 32.2. The van der Waals surface area contributed by atoms with Crippen LogP contribution in [0.1, 0.15) is 32.1 Å². The van der Waals surface area contributed by atoms with E-state index in [1.165, 1.54) is 29.8 Å². The molecule has 1 amide bonds. The van der Waals surface area contributed by atoms with Gasteiger partial charge in [0.25, 0.3) is 0 Å². The molecule has 2 aliphatic rings. The van der Waals surface area contributed by atoms with Crippen molar-refractivity contribution in [3.05, 3.63) is 0 Å². The summed E-state index contributed by atoms with van der Waals surface area (Å²) in [5.41, 5.74) is 2.51. The summed E-state index contributed by atoms with van der Waals surface area (Å²) in [6.45, 7) is 4.37. The summed E-state index contributed by atoms with van der Waals surface area (Å²) >= 11 is 0. The molecule has 0 bridgehead atoms. The average molecular weight is 333 g/mol. The summed E-state index contributed by atoms with van der Waals surface area (Å²) in [4.78, 5) is 19.6. The van der Waals surface area contributed by atoms with Crippen LogP contribution < -0.4 is 5.48 Å². The van der Waals surface area contributed by atoms with Crippen molar-refractivity contribution in [2.45, 2.75) is 32.1 Å². The summed E-state index contributed by atoms with van der Waals surface area (Å²) in [6, 6.07) is 0. The number of carbonyl (C=O) groups is 1. The molecule has 0 unspecified atom stereocenters. The number of hydroxylamine groups is 1. The van der Waals surface area contributed by atoms with Crippen LogP contribution in [0, 0.1) is 5.92 Å². The van der Waals surface area contributed by atoms with Gasteiger partial charge in [-0.05, 0) is 38.8 Å². The molecule has 0 aliphatic carbocycles. The fourth-order valence-corrected chi connectivity index (χ4v) is 3.89. The number of hydrogen-bond donors (Lipinski definition) is 1. The Balaban J connectivity index is 1.60. The molecule has 0 radical (unpaired) electrons. The van der Waals surface area contributed by atoms with Gasteiger partial charge in [-0.25, -0.2) is 18.2 Å². The van der Waals surface area contributed by atoms with E-state index < -0.39 is 10.0 Å². The van der Waals surface area contributed by atoms with Crippen LogP contribution in [0.3, 0.4) is 0 Å². The summed E-state index contributed by atoms with van der Waals surface area (Å²) in [7, 11) is -3.14. The second-order valence-electron chi connectivity index (χ2n) is 6.15. The first-order chi connectivity index (χ1) is 10.5. The minimum absolute atomic E-state index is 0.133. The fraction of sp³-hybridized carbons (Fsp3) is 0.929. The van der Waals surface area contributed by atoms with Crippen molar-refractivity contribution in [1.82, 2.24) is 14.7 Å². The predicted octanol–water partition coefficient (Wildman–Crippen LogP) is 0.192. The van der Waals surface area contributed by atoms with E-state index in [1.54, 1.807) is 0 Å². The van der Waals surface area contributed by atoms with E-state index in [-0.39, 0.29) is 11.8 Å². The Hall–Kier alpha value is -0.700. The number of carbonyl (C=O) groups excluding carboxylic acids is 1. The summed E-state index contributed by atoms with van der Waals surface area (Å²) < 4.78 is 24.3. The highest BCUT2D eigenvalue weighted by Gasteiger charge is 2.29. The van der Waals surface area contributed by atoms with E-state index in [0.717, 1.165) is 19.6 Å². The Morgan fingerprint density at radius 2 is 1.77 bits per heavy atom. The quantitative estimate of drug-likeness (QED) is 0.555. The minimum atomic E-state index is -3.14. The number of nitrogens with one attached hydrogen (secondary N) is 1. The lowest BCUT2D eigenvalue weighted by Gasteiger charge is -2.29. The molecule has 2 aliphatic heterocycles. The normalized spacial score (nSPS) is 22.6. The maximum absolute atomic E-state index is 12.0. The van der Waals surface area contributed by atoms with Gasteiger partial charge in [-0.3, -0.25) is 9.63 Å². The monoisotopic (exact) mass is 333 g/mol. The molecule has 0 aromatic carbocycles. The van der Waals surface area contributed by atoms with Crippen molar-refractivity contribution in [1.29, 1.82) is 0 Å². The molecule has 0 aromatic rings. The van der Waals surface area contributed by atoms with E-state index in [4.69, 9.17) is 4.84 Å². The number of piperidine rings is 2. The van der Waals surface area contributed by atoms with Gasteiger partial charge in [-0.2, -0.15) is 0 Å². The first-order valence-electron chi connectivity index (χ1n) is 8.06. The van der Waals surface area contributed by atoms with Crippen molar-refractivity contribution in [3.63, 3.8) is 0 Å². The highest BCUT2D eigenvalue weighted by Crippen LogP contribution is 2.19. The number of rotatable bonds is 6. The number of sulfonamides is 1. The van der Waals surface area contributed by atoms with Crippen molar-refractivity contribution in [2.24, 2.45) is 5.92 Å². The van der Waals surface area contributed by atoms with Gasteiger partial charge in [-0.1, -0.05) is 6.42 Å². The molecule has 2 saturated heterocycles. The zero-order valence-corrected chi connectivity index (χ0v) is 14.1. The standard InChI is InChI=1S/C14H27N3O4S/c1-22(19,20)17-9-5-13(6-10-17)14(18)15-21-12-11-16-7-3-2-4-8-16/h13H,2-12H2,1H3,(H,15,18). The lowest BCUT2D eigenvalue weighted by molar-refractivity contribution is -0.139. The Morgan fingerprint density at radius 3 is 2.36 bits per heavy atom. The van der Waals surface area contributed by atoms with Crippen molar-refractivity contribution >= 4 is 15.9 Å². The zero-order chi connectivity index (χ0) is 16.0. The first-order valence-corrected chi connectivity index (χ1v) is 9.91. The third-order valence-electron chi connectivity index (χ3n) is 4.42. The third kappa shape index (κ3) is 5.49. The van der Waals surface area contributed by atoms with E-state index in [1.807, 2.05) is 0 Å². The van der Waals surface area contributed by atoms with Gasteiger partial charge in [0, 0.05) is 25.6 Å². The largest absolute Gasteiger partial charge is 0.301 e. The van der Waals surface area contributed by atoms with Crippen LogP contribution in [0.2, 0.25) is 0 Å². The molecule has 0 spiro atoms. The van der Waals surface area contributed by atoms with Crippen LogP contribution in [-0.2, 0) is 19.7 Å². The molecule has 22 heavy (non-hydrogen) atoms. The highest BCUT2D eigenvalue weighted by molar-refractivity contribution is 7.88. The number of hydrogen-bond acceptors (Lipinski definition) is 5. The maximum Gasteiger partial charge on any atom is 0.246 e. The van der Waals surface area contributed by atoms with Gasteiger partial charge in [0.05, 0.1) is 12.9 Å². The van der Waals surface area contributed by atoms with Gasteiger partial charge in [0.15, 0.2) is 0 Å². The number of likely N-dealkylation sites (tertiary alicyclic amines) is 1. The van der Waals surface area contributed by atoms with Gasteiger partial charge in [-0.15, -0.1) is 0 Å². The van der Waals surface area contributed by atoms with Crippen LogP contribution in [-0.4, -0.2) is 69.1 Å². The minimum Gasteiger partial charge on any atom is -0.301 e. The Kier molecular flexibility index (Phi) is 6.61. The summed E-state index contributed by atoms with van der Waals surface area (Å²) in [6.07, 6.45) is 6.09. The zero-order valence-electron chi connectivity index (χ0n) is 13.3. The first kappa shape index (κ1) is 17.7. The van der Waals surface area contributed by atoms with Crippen molar-refractivity contribution < 1.29 is 18.0 Å². The molecular weight excluding hydrogens is 306 g/mol. The molecule has 0 atom stereocenters. The van der Waals surface area contributed by atoms with Crippen LogP contribution >= 0.6 is 0 Å². The average Bonchev–Trinajstić information content (AvgIpc) is 2.52. The molecule has 0 aromatic heterocycles. The smallest absolute Gasteiger partial charge is 0.246 e. The molecule has 7 nitrogen and oxygen atoms in total. The van der Waals surface area contributed by atoms with Gasteiger partial charge >= 0.3 is 0 Å². The number of amides is 1. The van der Waals surface area contributed by atoms with Crippen LogP contribution in [0.5, 0.6) is 0 Å². The molecule has 2 fully saturated rings. The summed E-state index contributed by atoms with van der Waals surface area (Å²) in [5.74, 6) is -0.292. The van der Waals surface area contributed by atoms with E-state index >= 15 is 0 Å². The molecule has 2 heterocycles. The van der Waals surface area contributed by atoms with E-state index in [2.05, 4.69) is 10.4 Å². The van der Waals surface area contributed by atoms with E-state index in [0.29, 0.717) is 32.5 Å². The fourth-order valence-electron chi connectivity index (χ4n) is 3.01. The van der Waals surface area contributed by atoms with Crippen LogP contribution in [0.4, 0.5) is 0 Å². The number of nitrogens with zero attached hydrogens (tertiary/aromatic N) is 2. The van der Waals surface area contributed by atoms with Crippen LogP contribution in [0.15, 0.2) is 0 Å². The van der Waals surface area contributed by atoms with Gasteiger partial charge in [0.2, 0.25) is 15.9 Å². The Morgan fingerprint density at radius 1 is 1.14 bits per heavy atom. The topological polar surface area (TPSA) is 79.0 Å². The predicted molar refractivity (Wildman–Crippen MR) is 83.5 cm³/mol. The maximum atomic E-state index is 12.0. The molecule has 2 rings (SSSR count). The lowest BCUT2D eigenvalue weighted by Crippen LogP contribution is -2.43. The van der Waals surface area contributed by atoms with Crippen molar-refractivity contribution in [2.75, 3.05) is 45.6 Å². The van der Waals surface area contributed by atoms with Gasteiger partial charge < -0.3 is 4.90 Å². The molecule has 8 heteroatoms. The second-order valence-corrected chi connectivity index (χ2v) is 8.14. The molecule has 128 valence electrons. The molecule has 0 saturated carbocycles. The Bertz CT molecular complexity index is 455. The Labute approximate surface area is 133 Å². The summed E-state index contributed by atoms with van der Waals surface area (Å²) in [5, 5.41) is 0. The second kappa shape index (κ2) is 8.24. The van der Waals surface area contributed by atoms with Gasteiger partial charge in [0.1, 0.15) is 0 Å². The molecular formula is C14H27N3O4S. The third-order valence-corrected chi connectivity index (χ3v) is 5.73. The SMILES string of the molecule is CS(=O)(=O)N1CCC(C(=O)NOCCN2CCCCC2)CC1. The lowest BCUT2D eigenvalue weighted by atomic mass is 9.98. The van der Waals surface area contributed by atoms with Crippen LogP contribution in [0.25, 0.3) is 0 Å².